The van der Waals surface area contributed by atoms with Crippen molar-refractivity contribution in [3.8, 4) is 22.7 Å². The fourth-order valence-electron chi connectivity index (χ4n) is 3.29. The van der Waals surface area contributed by atoms with E-state index in [1.165, 1.54) is 0 Å². The molecule has 5 rings (SSSR count). The minimum atomic E-state index is -0.111. The number of hydrogen-bond acceptors (Lipinski definition) is 5. The molecular weight excluding hydrogens is 390 g/mol. The van der Waals surface area contributed by atoms with Gasteiger partial charge in [-0.15, -0.1) is 10.2 Å². The van der Waals surface area contributed by atoms with Gasteiger partial charge < -0.3 is 14.1 Å². The van der Waals surface area contributed by atoms with Gasteiger partial charge in [-0.2, -0.15) is 0 Å². The molecule has 1 amide bonds. The molecule has 3 heterocycles. The number of hydrogen-bond donors (Lipinski definition) is 1. The van der Waals surface area contributed by atoms with Crippen LogP contribution in [0.3, 0.4) is 0 Å². The van der Waals surface area contributed by atoms with Crippen LogP contribution < -0.4 is 5.32 Å². The molecule has 0 saturated carbocycles. The quantitative estimate of drug-likeness (QED) is 0.442. The number of nitrogens with one attached hydrogen (secondary N) is 1. The zero-order chi connectivity index (χ0) is 21.0. The summed E-state index contributed by atoms with van der Waals surface area (Å²) in [6.45, 7) is 0. The zero-order valence-corrected chi connectivity index (χ0v) is 16.6. The minimum Gasteiger partial charge on any atom is -0.421 e. The van der Waals surface area contributed by atoms with Crippen molar-refractivity contribution in [2.24, 2.45) is 0 Å². The van der Waals surface area contributed by atoms with Crippen molar-refractivity contribution < 1.29 is 9.21 Å². The summed E-state index contributed by atoms with van der Waals surface area (Å²) in [4.78, 5) is 16.9. The molecule has 0 aliphatic heterocycles. The van der Waals surface area contributed by atoms with Gasteiger partial charge in [0.2, 0.25) is 17.7 Å². The molecule has 7 nitrogen and oxygen atoms in total. The highest BCUT2D eigenvalue weighted by Crippen LogP contribution is 2.22. The lowest BCUT2D eigenvalue weighted by Gasteiger charge is -2.05. The third kappa shape index (κ3) is 4.20. The molecule has 0 aliphatic rings. The van der Waals surface area contributed by atoms with E-state index in [1.54, 1.807) is 0 Å². The molecule has 0 spiro atoms. The number of carbonyl (C=O) groups excluding carboxylic acids is 1. The van der Waals surface area contributed by atoms with Crippen LogP contribution in [0, 0.1) is 0 Å². The molecule has 31 heavy (non-hydrogen) atoms. The van der Waals surface area contributed by atoms with Crippen molar-refractivity contribution in [2.45, 2.75) is 12.8 Å². The monoisotopic (exact) mass is 409 g/mol. The normalized spacial score (nSPS) is 11.0. The van der Waals surface area contributed by atoms with Crippen LogP contribution in [-0.4, -0.2) is 25.5 Å². The first-order valence-electron chi connectivity index (χ1n) is 9.96. The van der Waals surface area contributed by atoms with Crippen LogP contribution >= 0.6 is 0 Å². The molecule has 0 bridgehead atoms. The number of aryl methyl sites for hydroxylation is 1. The predicted octanol–water partition coefficient (Wildman–Crippen LogP) is 4.62. The second-order valence-electron chi connectivity index (χ2n) is 7.08. The van der Waals surface area contributed by atoms with Gasteiger partial charge in [0.15, 0.2) is 0 Å². The summed E-state index contributed by atoms with van der Waals surface area (Å²) in [6.07, 6.45) is 4.58. The van der Waals surface area contributed by atoms with Gasteiger partial charge >= 0.3 is 0 Å². The van der Waals surface area contributed by atoms with Gasteiger partial charge in [0.05, 0.1) is 5.69 Å². The van der Waals surface area contributed by atoms with E-state index in [-0.39, 0.29) is 12.3 Å². The van der Waals surface area contributed by atoms with Crippen molar-refractivity contribution in [1.82, 2.24) is 19.6 Å². The van der Waals surface area contributed by atoms with Crippen LogP contribution in [0.25, 0.3) is 28.4 Å². The molecule has 0 saturated heterocycles. The number of nitrogens with zero attached hydrogens (tertiary/aromatic N) is 4. The van der Waals surface area contributed by atoms with E-state index >= 15 is 0 Å². The second kappa shape index (κ2) is 8.23. The number of amides is 1. The Morgan fingerprint density at radius 1 is 0.903 bits per heavy atom. The smallest absolute Gasteiger partial charge is 0.247 e. The molecule has 3 aromatic heterocycles. The Bertz CT molecular complexity index is 1290. The summed E-state index contributed by atoms with van der Waals surface area (Å²) in [5.74, 6) is 0.787. The number of benzene rings is 2. The van der Waals surface area contributed by atoms with Gasteiger partial charge in [0.1, 0.15) is 5.65 Å². The van der Waals surface area contributed by atoms with E-state index in [9.17, 15) is 4.79 Å². The topological polar surface area (TPSA) is 85.3 Å². The Balaban J connectivity index is 1.18. The summed E-state index contributed by atoms with van der Waals surface area (Å²) in [6, 6.07) is 23.1. The molecular formula is C24H19N5O2. The SMILES string of the molecule is O=C(CCc1nnc(-c2ccccc2)o1)Nc1ccc(-c2cn3ccccc3n2)cc1. The third-order valence-electron chi connectivity index (χ3n) is 4.88. The lowest BCUT2D eigenvalue weighted by molar-refractivity contribution is -0.116. The van der Waals surface area contributed by atoms with Gasteiger partial charge in [-0.1, -0.05) is 36.4 Å². The van der Waals surface area contributed by atoms with Crippen molar-refractivity contribution >= 4 is 17.2 Å². The largest absolute Gasteiger partial charge is 0.421 e. The molecule has 0 aliphatic carbocycles. The van der Waals surface area contributed by atoms with E-state index in [4.69, 9.17) is 4.42 Å². The van der Waals surface area contributed by atoms with Crippen LogP contribution in [0.2, 0.25) is 0 Å². The maximum atomic E-state index is 12.3. The van der Waals surface area contributed by atoms with Gasteiger partial charge in [-0.3, -0.25) is 4.79 Å². The summed E-state index contributed by atoms with van der Waals surface area (Å²) >= 11 is 0. The summed E-state index contributed by atoms with van der Waals surface area (Å²) in [5, 5.41) is 11.0. The molecule has 0 fully saturated rings. The van der Waals surface area contributed by atoms with Gasteiger partial charge in [0, 0.05) is 42.0 Å². The number of imidazole rings is 1. The molecule has 0 unspecified atom stereocenters. The maximum Gasteiger partial charge on any atom is 0.247 e. The summed E-state index contributed by atoms with van der Waals surface area (Å²) in [7, 11) is 0. The first-order chi connectivity index (χ1) is 15.2. The minimum absolute atomic E-state index is 0.111. The number of anilines is 1. The fourth-order valence-corrected chi connectivity index (χ4v) is 3.29. The molecule has 2 aromatic carbocycles. The number of carbonyl (C=O) groups is 1. The van der Waals surface area contributed by atoms with Crippen LogP contribution in [0.4, 0.5) is 5.69 Å². The Morgan fingerprint density at radius 3 is 2.52 bits per heavy atom. The van der Waals surface area contributed by atoms with Gasteiger partial charge in [0.25, 0.3) is 0 Å². The molecule has 7 heteroatoms. The molecule has 0 radical (unpaired) electrons. The van der Waals surface area contributed by atoms with E-state index in [0.29, 0.717) is 18.2 Å². The van der Waals surface area contributed by atoms with Crippen LogP contribution in [0.15, 0.2) is 89.6 Å². The number of rotatable bonds is 6. The number of pyridine rings is 1. The average molecular weight is 409 g/mol. The lowest BCUT2D eigenvalue weighted by atomic mass is 10.1. The third-order valence-corrected chi connectivity index (χ3v) is 4.88. The molecule has 1 N–H and O–H groups in total. The van der Waals surface area contributed by atoms with Gasteiger partial charge in [-0.25, -0.2) is 4.98 Å². The highest BCUT2D eigenvalue weighted by molar-refractivity contribution is 5.91. The molecule has 5 aromatic rings. The van der Waals surface area contributed by atoms with E-state index in [2.05, 4.69) is 20.5 Å². The predicted molar refractivity (Wildman–Crippen MR) is 117 cm³/mol. The molecule has 0 atom stereocenters. The van der Waals surface area contributed by atoms with Gasteiger partial charge in [-0.05, 0) is 36.4 Å². The first-order valence-corrected chi connectivity index (χ1v) is 9.96. The Morgan fingerprint density at radius 2 is 1.71 bits per heavy atom. The summed E-state index contributed by atoms with van der Waals surface area (Å²) < 4.78 is 7.63. The number of fused-ring (bicyclic) bond motifs is 1. The summed E-state index contributed by atoms with van der Waals surface area (Å²) in [5.41, 5.74) is 4.35. The highest BCUT2D eigenvalue weighted by atomic mass is 16.4. The van der Waals surface area contributed by atoms with Crippen LogP contribution in [0.1, 0.15) is 12.3 Å². The van der Waals surface area contributed by atoms with E-state index in [1.807, 2.05) is 89.6 Å². The van der Waals surface area contributed by atoms with Crippen LogP contribution in [-0.2, 0) is 11.2 Å². The molecule has 152 valence electrons. The van der Waals surface area contributed by atoms with Crippen molar-refractivity contribution in [2.75, 3.05) is 5.32 Å². The van der Waals surface area contributed by atoms with E-state index < -0.39 is 0 Å². The average Bonchev–Trinajstić information content (AvgIpc) is 3.46. The zero-order valence-electron chi connectivity index (χ0n) is 16.6. The van der Waals surface area contributed by atoms with Crippen molar-refractivity contribution in [1.29, 1.82) is 0 Å². The number of aromatic nitrogens is 4. The van der Waals surface area contributed by atoms with Crippen molar-refractivity contribution in [3.05, 3.63) is 91.1 Å². The Kier molecular flexibility index (Phi) is 4.98. The standard InChI is InChI=1S/C24H19N5O2/c30-22(13-14-23-27-28-24(31-23)18-6-2-1-3-7-18)25-19-11-9-17(10-12-19)20-16-29-15-5-4-8-21(29)26-20/h1-12,15-16H,13-14H2,(H,25,30). The highest BCUT2D eigenvalue weighted by Gasteiger charge is 2.11. The first kappa shape index (κ1) is 18.7. The van der Waals surface area contributed by atoms with Crippen molar-refractivity contribution in [3.63, 3.8) is 0 Å². The fraction of sp³-hybridized carbons (Fsp3) is 0.0833. The lowest BCUT2D eigenvalue weighted by Crippen LogP contribution is -2.12. The second-order valence-corrected chi connectivity index (χ2v) is 7.08. The van der Waals surface area contributed by atoms with Crippen LogP contribution in [0.5, 0.6) is 0 Å². The Hall–Kier alpha value is -4.26. The maximum absolute atomic E-state index is 12.3. The van der Waals surface area contributed by atoms with E-state index in [0.717, 1.165) is 28.2 Å². The Labute approximate surface area is 178 Å².